The third-order valence-electron chi connectivity index (χ3n) is 4.18. The van der Waals surface area contributed by atoms with Crippen LogP contribution in [0.5, 0.6) is 0 Å². The topological polar surface area (TPSA) is 38.1 Å². The molecule has 0 fully saturated rings. The summed E-state index contributed by atoms with van der Waals surface area (Å²) in [5.74, 6) is 0. The van der Waals surface area contributed by atoms with Crippen LogP contribution in [0.15, 0.2) is 6.07 Å². The lowest BCUT2D eigenvalue weighted by Crippen LogP contribution is -2.13. The van der Waals surface area contributed by atoms with Crippen molar-refractivity contribution < 1.29 is 5.11 Å². The van der Waals surface area contributed by atoms with Crippen LogP contribution in [-0.4, -0.2) is 21.0 Å². The van der Waals surface area contributed by atoms with E-state index >= 15 is 0 Å². The Balaban J connectivity index is 1.98. The van der Waals surface area contributed by atoms with Crippen molar-refractivity contribution in [1.29, 1.82) is 0 Å². The maximum absolute atomic E-state index is 10.1. The third-order valence-corrected chi connectivity index (χ3v) is 4.18. The third kappa shape index (κ3) is 8.25. The quantitative estimate of drug-likeness (QED) is 0.574. The van der Waals surface area contributed by atoms with Gasteiger partial charge < -0.3 is 5.11 Å². The second-order valence-electron chi connectivity index (χ2n) is 6.38. The van der Waals surface area contributed by atoms with E-state index in [-0.39, 0.29) is 6.10 Å². The van der Waals surface area contributed by atoms with Crippen molar-refractivity contribution in [3.8, 4) is 0 Å². The van der Waals surface area contributed by atoms with Gasteiger partial charge in [0.25, 0.3) is 0 Å². The molecule has 0 amide bonds. The Morgan fingerprint density at radius 1 is 1.05 bits per heavy atom. The van der Waals surface area contributed by atoms with Crippen LogP contribution in [0.2, 0.25) is 0 Å². The van der Waals surface area contributed by atoms with Gasteiger partial charge in [0.15, 0.2) is 0 Å². The summed E-state index contributed by atoms with van der Waals surface area (Å²) in [6.07, 6.45) is 13.4. The lowest BCUT2D eigenvalue weighted by molar-refractivity contribution is 0.158. The SMILES string of the molecule is CCCCCCCCCCCC(O)Cc1cc(C)nn1C. The van der Waals surface area contributed by atoms with Crippen LogP contribution in [0.25, 0.3) is 0 Å². The minimum absolute atomic E-state index is 0.218. The Labute approximate surface area is 130 Å². The van der Waals surface area contributed by atoms with Crippen LogP contribution in [0.3, 0.4) is 0 Å². The van der Waals surface area contributed by atoms with Crippen LogP contribution in [0.4, 0.5) is 0 Å². The molecule has 0 aromatic carbocycles. The van der Waals surface area contributed by atoms with Gasteiger partial charge in [-0.15, -0.1) is 0 Å². The van der Waals surface area contributed by atoms with Gasteiger partial charge in [-0.3, -0.25) is 4.68 Å². The largest absolute Gasteiger partial charge is 0.393 e. The highest BCUT2D eigenvalue weighted by Gasteiger charge is 2.09. The zero-order valence-electron chi connectivity index (χ0n) is 14.3. The summed E-state index contributed by atoms with van der Waals surface area (Å²) >= 11 is 0. The predicted octanol–water partition coefficient (Wildman–Crippen LogP) is 4.55. The number of hydrogen-bond acceptors (Lipinski definition) is 2. The van der Waals surface area contributed by atoms with Crippen molar-refractivity contribution >= 4 is 0 Å². The van der Waals surface area contributed by atoms with Crippen molar-refractivity contribution in [2.45, 2.75) is 90.6 Å². The summed E-state index contributed by atoms with van der Waals surface area (Å²) in [6.45, 7) is 4.26. The number of rotatable bonds is 12. The fraction of sp³-hybridized carbons (Fsp3) is 0.833. The average molecular weight is 294 g/mol. The van der Waals surface area contributed by atoms with E-state index in [1.807, 2.05) is 18.7 Å². The first-order chi connectivity index (χ1) is 10.1. The number of aryl methyl sites for hydroxylation is 2. The molecular weight excluding hydrogens is 260 g/mol. The van der Waals surface area contributed by atoms with E-state index in [2.05, 4.69) is 18.1 Å². The Morgan fingerprint density at radius 3 is 2.14 bits per heavy atom. The van der Waals surface area contributed by atoms with Gasteiger partial charge in [0.1, 0.15) is 0 Å². The monoisotopic (exact) mass is 294 g/mol. The highest BCUT2D eigenvalue weighted by atomic mass is 16.3. The van der Waals surface area contributed by atoms with E-state index in [9.17, 15) is 5.11 Å². The first kappa shape index (κ1) is 18.2. The molecule has 1 unspecified atom stereocenters. The Hall–Kier alpha value is -0.830. The van der Waals surface area contributed by atoms with Crippen molar-refractivity contribution in [2.75, 3.05) is 0 Å². The van der Waals surface area contributed by atoms with E-state index < -0.39 is 0 Å². The molecule has 0 bridgehead atoms. The maximum Gasteiger partial charge on any atom is 0.0596 e. The normalized spacial score (nSPS) is 12.8. The summed E-state index contributed by atoms with van der Waals surface area (Å²) in [4.78, 5) is 0. The van der Waals surface area contributed by atoms with Gasteiger partial charge in [0.2, 0.25) is 0 Å². The molecule has 1 aromatic heterocycles. The molecular formula is C18H34N2O. The fourth-order valence-corrected chi connectivity index (χ4v) is 2.89. The molecule has 0 aliphatic rings. The van der Waals surface area contributed by atoms with Crippen LogP contribution < -0.4 is 0 Å². The van der Waals surface area contributed by atoms with Gasteiger partial charge in [-0.1, -0.05) is 64.7 Å². The Bertz CT molecular complexity index is 373. The number of aliphatic hydroxyl groups excluding tert-OH is 1. The molecule has 122 valence electrons. The molecule has 0 aliphatic heterocycles. The zero-order valence-corrected chi connectivity index (χ0v) is 14.3. The number of aromatic nitrogens is 2. The summed E-state index contributed by atoms with van der Waals surface area (Å²) < 4.78 is 1.88. The minimum atomic E-state index is -0.218. The molecule has 21 heavy (non-hydrogen) atoms. The molecule has 1 atom stereocenters. The van der Waals surface area contributed by atoms with E-state index in [1.54, 1.807) is 0 Å². The van der Waals surface area contributed by atoms with Crippen LogP contribution in [0.1, 0.15) is 82.5 Å². The molecule has 1 N–H and O–H groups in total. The molecule has 3 heteroatoms. The fourth-order valence-electron chi connectivity index (χ4n) is 2.89. The summed E-state index contributed by atoms with van der Waals surface area (Å²) in [7, 11) is 1.95. The highest BCUT2D eigenvalue weighted by molar-refractivity contribution is 5.09. The molecule has 1 aromatic rings. The van der Waals surface area contributed by atoms with Crippen LogP contribution >= 0.6 is 0 Å². The molecule has 0 saturated carbocycles. The van der Waals surface area contributed by atoms with Gasteiger partial charge in [-0.2, -0.15) is 5.10 Å². The minimum Gasteiger partial charge on any atom is -0.393 e. The van der Waals surface area contributed by atoms with Gasteiger partial charge in [-0.05, 0) is 19.4 Å². The Kier molecular flexibility index (Phi) is 9.40. The van der Waals surface area contributed by atoms with Gasteiger partial charge >= 0.3 is 0 Å². The van der Waals surface area contributed by atoms with Crippen molar-refractivity contribution in [1.82, 2.24) is 9.78 Å². The first-order valence-electron chi connectivity index (χ1n) is 8.81. The van der Waals surface area contributed by atoms with Crippen LogP contribution in [-0.2, 0) is 13.5 Å². The highest BCUT2D eigenvalue weighted by Crippen LogP contribution is 2.13. The summed E-state index contributed by atoms with van der Waals surface area (Å²) in [5, 5.41) is 14.4. The molecule has 0 spiro atoms. The standard InChI is InChI=1S/C18H34N2O/c1-4-5-6-7-8-9-10-11-12-13-18(21)15-17-14-16(2)19-20(17)3/h14,18,21H,4-13,15H2,1-3H3. The van der Waals surface area contributed by atoms with Crippen molar-refractivity contribution in [3.05, 3.63) is 17.5 Å². The number of hydrogen-bond donors (Lipinski definition) is 1. The predicted molar refractivity (Wildman–Crippen MR) is 89.5 cm³/mol. The lowest BCUT2D eigenvalue weighted by Gasteiger charge is -2.10. The van der Waals surface area contributed by atoms with Crippen molar-refractivity contribution in [2.24, 2.45) is 7.05 Å². The van der Waals surface area contributed by atoms with Crippen molar-refractivity contribution in [3.63, 3.8) is 0 Å². The van der Waals surface area contributed by atoms with Gasteiger partial charge in [0.05, 0.1) is 11.8 Å². The molecule has 0 radical (unpaired) electrons. The van der Waals surface area contributed by atoms with Gasteiger partial charge in [0, 0.05) is 19.2 Å². The molecule has 1 rings (SSSR count). The maximum atomic E-state index is 10.1. The molecule has 3 nitrogen and oxygen atoms in total. The number of nitrogens with zero attached hydrogens (tertiary/aromatic N) is 2. The number of unbranched alkanes of at least 4 members (excludes halogenated alkanes) is 8. The van der Waals surface area contributed by atoms with E-state index in [0.717, 1.165) is 30.7 Å². The average Bonchev–Trinajstić information content (AvgIpc) is 2.75. The summed E-state index contributed by atoms with van der Waals surface area (Å²) in [5.41, 5.74) is 2.17. The van der Waals surface area contributed by atoms with E-state index in [1.165, 1.54) is 51.4 Å². The van der Waals surface area contributed by atoms with Crippen LogP contribution in [0, 0.1) is 6.92 Å². The van der Waals surface area contributed by atoms with Gasteiger partial charge in [-0.25, -0.2) is 0 Å². The summed E-state index contributed by atoms with van der Waals surface area (Å²) in [6, 6.07) is 2.07. The smallest absolute Gasteiger partial charge is 0.0596 e. The first-order valence-corrected chi connectivity index (χ1v) is 8.81. The number of aliphatic hydroxyl groups is 1. The lowest BCUT2D eigenvalue weighted by atomic mass is 10.0. The second-order valence-corrected chi connectivity index (χ2v) is 6.38. The van der Waals surface area contributed by atoms with E-state index in [4.69, 9.17) is 0 Å². The Morgan fingerprint density at radius 2 is 1.62 bits per heavy atom. The molecule has 0 saturated heterocycles. The zero-order chi connectivity index (χ0) is 15.5. The van der Waals surface area contributed by atoms with E-state index in [0.29, 0.717) is 0 Å². The second kappa shape index (κ2) is 10.8. The molecule has 1 heterocycles. The molecule has 0 aliphatic carbocycles.